The van der Waals surface area contributed by atoms with Crippen molar-refractivity contribution in [2.24, 2.45) is 4.99 Å². The summed E-state index contributed by atoms with van der Waals surface area (Å²) in [5, 5.41) is 11.3. The molecule has 9 heteroatoms. The maximum absolute atomic E-state index is 5.90. The average molecular weight is 524 g/mol. The molecule has 0 spiro atoms. The molecule has 2 aromatic rings. The average Bonchev–Trinajstić information content (AvgIpc) is 3.09. The van der Waals surface area contributed by atoms with Crippen LogP contribution in [0.15, 0.2) is 38.7 Å². The molecule has 0 saturated carbocycles. The van der Waals surface area contributed by atoms with E-state index >= 15 is 0 Å². The van der Waals surface area contributed by atoms with Crippen LogP contribution < -0.4 is 10.6 Å². The van der Waals surface area contributed by atoms with Crippen LogP contribution in [0.1, 0.15) is 38.4 Å². The second-order valence-corrected chi connectivity index (χ2v) is 7.55. The first-order chi connectivity index (χ1) is 12.6. The third-order valence-corrected chi connectivity index (χ3v) is 4.68. The van der Waals surface area contributed by atoms with Crippen LogP contribution in [0.3, 0.4) is 0 Å². The van der Waals surface area contributed by atoms with Crippen LogP contribution >= 0.6 is 47.3 Å². The molecule has 150 valence electrons. The molecule has 6 nitrogen and oxygen atoms in total. The van der Waals surface area contributed by atoms with Gasteiger partial charge in [0.15, 0.2) is 11.8 Å². The van der Waals surface area contributed by atoms with E-state index in [4.69, 9.17) is 16.1 Å². The molecule has 27 heavy (non-hydrogen) atoms. The molecule has 1 heterocycles. The van der Waals surface area contributed by atoms with Crippen molar-refractivity contribution in [3.05, 3.63) is 41.0 Å². The van der Waals surface area contributed by atoms with E-state index in [1.54, 1.807) is 11.8 Å². The van der Waals surface area contributed by atoms with Crippen molar-refractivity contribution in [3.8, 4) is 0 Å². The zero-order chi connectivity index (χ0) is 18.8. The van der Waals surface area contributed by atoms with Gasteiger partial charge in [0.05, 0.1) is 6.54 Å². The molecule has 0 aliphatic heterocycles. The second-order valence-electron chi connectivity index (χ2n) is 5.94. The maximum atomic E-state index is 5.90. The van der Waals surface area contributed by atoms with Gasteiger partial charge in [0.2, 0.25) is 5.89 Å². The molecule has 0 unspecified atom stereocenters. The lowest BCUT2D eigenvalue weighted by molar-refractivity contribution is 0.372. The first kappa shape index (κ1) is 24.0. The summed E-state index contributed by atoms with van der Waals surface area (Å²) in [5.41, 5.74) is 0. The Balaban J connectivity index is 0.00000364. The highest BCUT2D eigenvalue weighted by Gasteiger charge is 2.09. The highest BCUT2D eigenvalue weighted by Crippen LogP contribution is 2.19. The van der Waals surface area contributed by atoms with Crippen LogP contribution in [0.2, 0.25) is 5.02 Å². The van der Waals surface area contributed by atoms with E-state index < -0.39 is 0 Å². The van der Waals surface area contributed by atoms with E-state index in [0.717, 1.165) is 35.6 Å². The van der Waals surface area contributed by atoms with Gasteiger partial charge in [-0.15, -0.1) is 35.7 Å². The summed E-state index contributed by atoms with van der Waals surface area (Å²) in [6.07, 6.45) is 0.635. The predicted octanol–water partition coefficient (Wildman–Crippen LogP) is 4.35. The van der Waals surface area contributed by atoms with Gasteiger partial charge < -0.3 is 15.2 Å². The number of halogens is 2. The van der Waals surface area contributed by atoms with Gasteiger partial charge in [-0.25, -0.2) is 0 Å². The van der Waals surface area contributed by atoms with E-state index in [9.17, 15) is 0 Å². The summed E-state index contributed by atoms with van der Waals surface area (Å²) < 4.78 is 5.24. The minimum atomic E-state index is 0. The third-order valence-electron chi connectivity index (χ3n) is 3.42. The van der Waals surface area contributed by atoms with E-state index in [1.807, 2.05) is 45.0 Å². The van der Waals surface area contributed by atoms with Crippen LogP contribution in [0.4, 0.5) is 0 Å². The lowest BCUT2D eigenvalue weighted by Gasteiger charge is -2.10. The molecule has 1 aromatic carbocycles. The molecule has 0 amide bonds. The number of guanidine groups is 1. The Kier molecular flexibility index (Phi) is 11.8. The number of nitrogens with zero attached hydrogens (tertiary/aromatic N) is 3. The van der Waals surface area contributed by atoms with Crippen LogP contribution in [0, 0.1) is 0 Å². The largest absolute Gasteiger partial charge is 0.357 e. The first-order valence-electron chi connectivity index (χ1n) is 8.81. The van der Waals surface area contributed by atoms with Crippen molar-refractivity contribution in [2.45, 2.75) is 38.0 Å². The standard InChI is InChI=1S/C18H26ClN5OS.HI/c1-4-20-18(21-10-9-16-23-17(13(2)3)24-25-16)22-11-12-26-15-7-5-14(19)6-8-15;/h5-8,13H,4,9-12H2,1-3H3,(H2,20,21,22);1H. The molecule has 0 saturated heterocycles. The molecule has 0 aliphatic carbocycles. The van der Waals surface area contributed by atoms with Crippen LogP contribution in [0.5, 0.6) is 0 Å². The normalized spacial score (nSPS) is 11.4. The lowest BCUT2D eigenvalue weighted by Crippen LogP contribution is -2.38. The van der Waals surface area contributed by atoms with Crippen molar-refractivity contribution < 1.29 is 4.52 Å². The number of rotatable bonds is 9. The molecule has 2 N–H and O–H groups in total. The summed E-state index contributed by atoms with van der Waals surface area (Å²) >= 11 is 7.68. The minimum absolute atomic E-state index is 0. The molecular weight excluding hydrogens is 497 g/mol. The van der Waals surface area contributed by atoms with Gasteiger partial charge in [0.25, 0.3) is 0 Å². The molecule has 0 bridgehead atoms. The summed E-state index contributed by atoms with van der Waals surface area (Å²) in [4.78, 5) is 10.1. The van der Waals surface area contributed by atoms with Crippen LogP contribution in [-0.4, -0.2) is 41.5 Å². The Hall–Kier alpha value is -1.000. The quantitative estimate of drug-likeness (QED) is 0.167. The van der Waals surface area contributed by atoms with Crippen molar-refractivity contribution >= 4 is 53.3 Å². The minimum Gasteiger partial charge on any atom is -0.357 e. The Morgan fingerprint density at radius 1 is 1.26 bits per heavy atom. The Morgan fingerprint density at radius 3 is 2.63 bits per heavy atom. The van der Waals surface area contributed by atoms with E-state index in [0.29, 0.717) is 18.9 Å². The maximum Gasteiger partial charge on any atom is 0.228 e. The van der Waals surface area contributed by atoms with Gasteiger partial charge in [-0.05, 0) is 31.2 Å². The Morgan fingerprint density at radius 2 is 2.00 bits per heavy atom. The SMILES string of the molecule is CCNC(=NCCc1nc(C(C)C)no1)NCCSc1ccc(Cl)cc1.I. The number of thioether (sulfide) groups is 1. The predicted molar refractivity (Wildman–Crippen MR) is 124 cm³/mol. The van der Waals surface area contributed by atoms with Crippen molar-refractivity contribution in [1.82, 2.24) is 20.8 Å². The summed E-state index contributed by atoms with van der Waals surface area (Å²) in [6, 6.07) is 7.88. The van der Waals surface area contributed by atoms with Crippen LogP contribution in [0.25, 0.3) is 0 Å². The molecule has 0 radical (unpaired) electrons. The number of benzene rings is 1. The zero-order valence-corrected chi connectivity index (χ0v) is 19.8. The van der Waals surface area contributed by atoms with Gasteiger partial charge in [-0.2, -0.15) is 4.98 Å². The van der Waals surface area contributed by atoms with Gasteiger partial charge >= 0.3 is 0 Å². The number of hydrogen-bond acceptors (Lipinski definition) is 5. The third kappa shape index (κ3) is 9.16. The monoisotopic (exact) mass is 523 g/mol. The fraction of sp³-hybridized carbons (Fsp3) is 0.500. The van der Waals surface area contributed by atoms with E-state index in [2.05, 4.69) is 25.8 Å². The molecule has 0 aliphatic rings. The van der Waals surface area contributed by atoms with Gasteiger partial charge in [0.1, 0.15) is 0 Å². The highest BCUT2D eigenvalue weighted by molar-refractivity contribution is 14.0. The van der Waals surface area contributed by atoms with Crippen LogP contribution in [-0.2, 0) is 6.42 Å². The topological polar surface area (TPSA) is 75.3 Å². The summed E-state index contributed by atoms with van der Waals surface area (Å²) in [6.45, 7) is 8.36. The number of aromatic nitrogens is 2. The molecule has 0 atom stereocenters. The second kappa shape index (κ2) is 13.2. The molecule has 1 aromatic heterocycles. The van der Waals surface area contributed by atoms with Gasteiger partial charge in [0, 0.05) is 41.1 Å². The Bertz CT molecular complexity index is 693. The molecule has 0 fully saturated rings. The van der Waals surface area contributed by atoms with Gasteiger partial charge in [-0.1, -0.05) is 30.6 Å². The Labute approximate surface area is 187 Å². The van der Waals surface area contributed by atoms with Crippen molar-refractivity contribution in [1.29, 1.82) is 0 Å². The van der Waals surface area contributed by atoms with Gasteiger partial charge in [-0.3, -0.25) is 4.99 Å². The lowest BCUT2D eigenvalue weighted by atomic mass is 10.2. The summed E-state index contributed by atoms with van der Waals surface area (Å²) in [5.74, 6) is 3.38. The summed E-state index contributed by atoms with van der Waals surface area (Å²) in [7, 11) is 0. The fourth-order valence-electron chi connectivity index (χ4n) is 2.08. The number of aliphatic imine (C=N–C) groups is 1. The van der Waals surface area contributed by atoms with Crippen molar-refractivity contribution in [2.75, 3.05) is 25.4 Å². The highest BCUT2D eigenvalue weighted by atomic mass is 127. The number of hydrogen-bond donors (Lipinski definition) is 2. The first-order valence-corrected chi connectivity index (χ1v) is 10.2. The fourth-order valence-corrected chi connectivity index (χ4v) is 2.97. The zero-order valence-electron chi connectivity index (χ0n) is 15.9. The smallest absolute Gasteiger partial charge is 0.228 e. The van der Waals surface area contributed by atoms with E-state index in [-0.39, 0.29) is 29.9 Å². The molecular formula is C18H27ClIN5OS. The number of nitrogens with one attached hydrogen (secondary N) is 2. The molecule has 2 rings (SSSR count). The van der Waals surface area contributed by atoms with Crippen molar-refractivity contribution in [3.63, 3.8) is 0 Å². The van der Waals surface area contributed by atoms with E-state index in [1.165, 1.54) is 4.90 Å².